The predicted molar refractivity (Wildman–Crippen MR) is 400 cm³/mol. The molecule has 19 heteroatoms. The second-order valence-corrected chi connectivity index (χ2v) is 32.3. The SMILES string of the molecule is CCCCCCCCCCCCCCCCC(=O)O[C@H](COC(=O)CCCCCCCCCC)COP(=O)(O)OC[C@H](O)COP(=O)(O)OC[C@@H](COC(=O)CCCCCCCCCCCCCCCCCC(C)C)OC(=O)CCCCCCCCCCCCCCCCCC(C)C. The highest BCUT2D eigenvalue weighted by Crippen LogP contribution is 2.45. The van der Waals surface area contributed by atoms with Gasteiger partial charge in [-0.3, -0.25) is 37.3 Å². The van der Waals surface area contributed by atoms with Gasteiger partial charge in [-0.2, -0.15) is 0 Å². The van der Waals surface area contributed by atoms with Crippen molar-refractivity contribution in [2.24, 2.45) is 11.8 Å². The van der Waals surface area contributed by atoms with E-state index in [4.69, 9.17) is 37.0 Å². The number of unbranched alkanes of at least 4 members (excludes halogenated alkanes) is 48. The number of phosphoric acid groups is 2. The van der Waals surface area contributed by atoms with Gasteiger partial charge in [0.1, 0.15) is 19.3 Å². The Morgan fingerprint density at radius 1 is 0.276 bits per heavy atom. The topological polar surface area (TPSA) is 237 Å². The van der Waals surface area contributed by atoms with Crippen LogP contribution in [0.3, 0.4) is 0 Å². The zero-order valence-electron chi connectivity index (χ0n) is 64.1. The molecule has 0 aliphatic heterocycles. The summed E-state index contributed by atoms with van der Waals surface area (Å²) in [5.41, 5.74) is 0. The van der Waals surface area contributed by atoms with Gasteiger partial charge in [-0.25, -0.2) is 9.13 Å². The molecule has 2 unspecified atom stereocenters. The van der Waals surface area contributed by atoms with E-state index in [1.165, 1.54) is 225 Å². The van der Waals surface area contributed by atoms with E-state index in [0.29, 0.717) is 25.7 Å². The minimum Gasteiger partial charge on any atom is -0.462 e. The van der Waals surface area contributed by atoms with E-state index in [9.17, 15) is 43.2 Å². The van der Waals surface area contributed by atoms with Crippen LogP contribution in [0.15, 0.2) is 0 Å². The number of aliphatic hydroxyl groups excluding tert-OH is 1. The average molecular weight is 1440 g/mol. The van der Waals surface area contributed by atoms with Crippen molar-refractivity contribution in [3.8, 4) is 0 Å². The third-order valence-corrected chi connectivity index (χ3v) is 20.4. The van der Waals surface area contributed by atoms with Crippen LogP contribution < -0.4 is 0 Å². The minimum absolute atomic E-state index is 0.108. The van der Waals surface area contributed by atoms with Crippen LogP contribution in [0.2, 0.25) is 0 Å². The van der Waals surface area contributed by atoms with Crippen molar-refractivity contribution in [3.63, 3.8) is 0 Å². The van der Waals surface area contributed by atoms with E-state index >= 15 is 0 Å². The van der Waals surface area contributed by atoms with Gasteiger partial charge in [-0.15, -0.1) is 0 Å². The Morgan fingerprint density at radius 3 is 0.694 bits per heavy atom. The molecule has 582 valence electrons. The van der Waals surface area contributed by atoms with Crippen molar-refractivity contribution in [1.82, 2.24) is 0 Å². The first-order chi connectivity index (χ1) is 47.4. The van der Waals surface area contributed by atoms with Crippen LogP contribution in [0.5, 0.6) is 0 Å². The summed E-state index contributed by atoms with van der Waals surface area (Å²) in [4.78, 5) is 72.9. The molecule has 0 aromatic heterocycles. The Hall–Kier alpha value is -1.94. The number of ether oxygens (including phenoxy) is 4. The van der Waals surface area contributed by atoms with Crippen LogP contribution in [0.25, 0.3) is 0 Å². The molecule has 0 saturated heterocycles. The van der Waals surface area contributed by atoms with Gasteiger partial charge in [0.15, 0.2) is 12.2 Å². The molecule has 0 rings (SSSR count). The number of hydrogen-bond acceptors (Lipinski definition) is 15. The molecular weight excluding hydrogens is 1280 g/mol. The molecule has 0 heterocycles. The monoisotopic (exact) mass is 1440 g/mol. The van der Waals surface area contributed by atoms with Crippen LogP contribution in [-0.4, -0.2) is 96.7 Å². The zero-order valence-corrected chi connectivity index (χ0v) is 65.9. The fraction of sp³-hybridized carbons (Fsp3) is 0.949. The molecule has 0 saturated carbocycles. The third-order valence-electron chi connectivity index (χ3n) is 18.5. The van der Waals surface area contributed by atoms with E-state index in [1.54, 1.807) is 0 Å². The summed E-state index contributed by atoms with van der Waals surface area (Å²) in [6, 6.07) is 0. The molecule has 3 N–H and O–H groups in total. The Labute approximate surface area is 600 Å². The maximum atomic E-state index is 13.1. The first-order valence-electron chi connectivity index (χ1n) is 41.0. The fourth-order valence-corrected chi connectivity index (χ4v) is 13.8. The Morgan fingerprint density at radius 2 is 0.469 bits per heavy atom. The smallest absolute Gasteiger partial charge is 0.462 e. The Bertz CT molecular complexity index is 1890. The highest BCUT2D eigenvalue weighted by atomic mass is 31.2. The van der Waals surface area contributed by atoms with Crippen molar-refractivity contribution in [1.29, 1.82) is 0 Å². The third kappa shape index (κ3) is 72.4. The summed E-state index contributed by atoms with van der Waals surface area (Å²) in [5, 5.41) is 10.6. The van der Waals surface area contributed by atoms with Gasteiger partial charge in [0.2, 0.25) is 0 Å². The van der Waals surface area contributed by atoms with Crippen LogP contribution in [0, 0.1) is 11.8 Å². The molecule has 0 aromatic carbocycles. The van der Waals surface area contributed by atoms with Gasteiger partial charge in [-0.05, 0) is 37.5 Å². The van der Waals surface area contributed by atoms with Gasteiger partial charge in [0, 0.05) is 25.7 Å². The van der Waals surface area contributed by atoms with Crippen LogP contribution in [-0.2, 0) is 65.4 Å². The zero-order chi connectivity index (χ0) is 72.1. The second kappa shape index (κ2) is 70.7. The number of aliphatic hydroxyl groups is 1. The number of esters is 4. The number of phosphoric ester groups is 2. The minimum atomic E-state index is -4.96. The summed E-state index contributed by atoms with van der Waals surface area (Å²) >= 11 is 0. The van der Waals surface area contributed by atoms with Crippen molar-refractivity contribution in [2.75, 3.05) is 39.6 Å². The normalized spacial score (nSPS) is 13.9. The summed E-state index contributed by atoms with van der Waals surface area (Å²) < 4.78 is 68.6. The van der Waals surface area contributed by atoms with Gasteiger partial charge < -0.3 is 33.8 Å². The lowest BCUT2D eigenvalue weighted by Crippen LogP contribution is -2.30. The number of carbonyl (C=O) groups excluding carboxylic acids is 4. The molecule has 0 aromatic rings. The summed E-state index contributed by atoms with van der Waals surface area (Å²) in [5.74, 6) is -0.503. The highest BCUT2D eigenvalue weighted by Gasteiger charge is 2.30. The van der Waals surface area contributed by atoms with Crippen molar-refractivity contribution in [2.45, 2.75) is 432 Å². The van der Waals surface area contributed by atoms with Crippen LogP contribution >= 0.6 is 15.6 Å². The number of carbonyl (C=O) groups is 4. The molecule has 0 fully saturated rings. The van der Waals surface area contributed by atoms with Crippen molar-refractivity contribution in [3.05, 3.63) is 0 Å². The summed E-state index contributed by atoms with van der Waals surface area (Å²) in [7, 11) is -9.91. The highest BCUT2D eigenvalue weighted by molar-refractivity contribution is 7.47. The lowest BCUT2D eigenvalue weighted by Gasteiger charge is -2.21. The number of rotatable bonds is 78. The van der Waals surface area contributed by atoms with Gasteiger partial charge >= 0.3 is 39.5 Å². The summed E-state index contributed by atoms with van der Waals surface area (Å²) in [6.45, 7) is 9.65. The van der Waals surface area contributed by atoms with E-state index in [0.717, 1.165) is 108 Å². The Balaban J connectivity index is 5.21. The lowest BCUT2D eigenvalue weighted by atomic mass is 10.0. The molecule has 0 bridgehead atoms. The fourth-order valence-electron chi connectivity index (χ4n) is 12.2. The van der Waals surface area contributed by atoms with Gasteiger partial charge in [0.05, 0.1) is 26.4 Å². The van der Waals surface area contributed by atoms with Crippen LogP contribution in [0.4, 0.5) is 0 Å². The molecule has 0 spiro atoms. The van der Waals surface area contributed by atoms with Crippen molar-refractivity contribution >= 4 is 39.5 Å². The number of hydrogen-bond donors (Lipinski definition) is 3. The molecule has 98 heavy (non-hydrogen) atoms. The van der Waals surface area contributed by atoms with Gasteiger partial charge in [-0.1, -0.05) is 363 Å². The second-order valence-electron chi connectivity index (χ2n) is 29.4. The quantitative estimate of drug-likeness (QED) is 0.0222. The maximum Gasteiger partial charge on any atom is 0.472 e. The molecule has 0 amide bonds. The van der Waals surface area contributed by atoms with Gasteiger partial charge in [0.25, 0.3) is 0 Å². The van der Waals surface area contributed by atoms with Crippen LogP contribution in [0.1, 0.15) is 414 Å². The van der Waals surface area contributed by atoms with Crippen molar-refractivity contribution < 1.29 is 80.2 Å². The van der Waals surface area contributed by atoms with E-state index in [-0.39, 0.29) is 25.7 Å². The molecule has 0 aliphatic rings. The maximum absolute atomic E-state index is 13.1. The van der Waals surface area contributed by atoms with E-state index in [2.05, 4.69) is 41.5 Å². The van der Waals surface area contributed by atoms with E-state index in [1.807, 2.05) is 0 Å². The average Bonchev–Trinajstić information content (AvgIpc) is 1.05. The Kier molecular flexibility index (Phi) is 69.3. The molecule has 0 radical (unpaired) electrons. The molecule has 5 atom stereocenters. The molecule has 17 nitrogen and oxygen atoms in total. The largest absolute Gasteiger partial charge is 0.472 e. The lowest BCUT2D eigenvalue weighted by molar-refractivity contribution is -0.161. The molecular formula is C79H154O17P2. The van der Waals surface area contributed by atoms with E-state index < -0.39 is 97.5 Å². The first-order valence-corrected chi connectivity index (χ1v) is 44.0. The summed E-state index contributed by atoms with van der Waals surface area (Å²) in [6.07, 6.45) is 59.6. The standard InChI is InChI=1S/C79H154O17P2/c1-7-9-11-13-15-17-18-19-28-34-39-45-51-57-63-78(83)95-74(67-89-76(81)61-55-49-43-16-14-12-10-8-2)69-93-97(85,86)91-65-73(80)66-92-98(87,88)94-70-75(96-79(84)64-58-52-46-40-35-30-25-21-23-27-32-37-42-48-54-60-72(5)6)68-90-77(82)62-56-50-44-38-33-29-24-20-22-26-31-36-41-47-53-59-71(3)4/h71-75,80H,7-70H2,1-6H3,(H,85,86)(H,87,88)/t73-,74+,75+/m0/s1. The molecule has 0 aliphatic carbocycles. The predicted octanol–water partition coefficient (Wildman–Crippen LogP) is 23.5. The first kappa shape index (κ1) is 96.1.